The lowest BCUT2D eigenvalue weighted by Crippen LogP contribution is -2.54. The molecule has 1 saturated heterocycles. The van der Waals surface area contributed by atoms with E-state index in [2.05, 4.69) is 12.2 Å². The Balaban J connectivity index is 2.01. The summed E-state index contributed by atoms with van der Waals surface area (Å²) in [5, 5.41) is 3.32. The first kappa shape index (κ1) is 16.7. The number of carbonyl (C=O) groups excluding carboxylic acids is 1. The molecule has 1 heterocycles. The number of hydrogen-bond donors (Lipinski definition) is 2. The Morgan fingerprint density at radius 2 is 2.10 bits per heavy atom. The van der Waals surface area contributed by atoms with Gasteiger partial charge in [0.2, 0.25) is 5.91 Å². The zero-order chi connectivity index (χ0) is 15.3. The third-order valence-corrected chi connectivity index (χ3v) is 4.92. The Bertz CT molecular complexity index is 344. The van der Waals surface area contributed by atoms with Crippen molar-refractivity contribution < 1.29 is 9.53 Å². The summed E-state index contributed by atoms with van der Waals surface area (Å²) >= 11 is 0. The van der Waals surface area contributed by atoms with Crippen LogP contribution in [-0.4, -0.2) is 42.9 Å². The summed E-state index contributed by atoms with van der Waals surface area (Å²) in [5.74, 6) is 0.709. The van der Waals surface area contributed by atoms with E-state index in [1.165, 1.54) is 32.1 Å². The van der Waals surface area contributed by atoms with Crippen LogP contribution >= 0.6 is 0 Å². The van der Waals surface area contributed by atoms with Gasteiger partial charge in [0, 0.05) is 13.7 Å². The molecule has 0 spiro atoms. The topological polar surface area (TPSA) is 67.6 Å². The Morgan fingerprint density at radius 3 is 2.67 bits per heavy atom. The number of nitrogens with zero attached hydrogens (tertiary/aromatic N) is 1. The molecule has 0 aromatic rings. The molecule has 2 atom stereocenters. The van der Waals surface area contributed by atoms with Gasteiger partial charge in [0.25, 0.3) is 0 Å². The van der Waals surface area contributed by atoms with Crippen molar-refractivity contribution in [2.45, 2.75) is 70.1 Å². The van der Waals surface area contributed by atoms with Crippen molar-refractivity contribution in [1.29, 1.82) is 0 Å². The lowest BCUT2D eigenvalue weighted by molar-refractivity contribution is -0.134. The average molecular weight is 297 g/mol. The van der Waals surface area contributed by atoms with Crippen LogP contribution in [0.4, 0.5) is 0 Å². The van der Waals surface area contributed by atoms with E-state index in [4.69, 9.17) is 10.5 Å². The Hall–Kier alpha value is -0.650. The van der Waals surface area contributed by atoms with Gasteiger partial charge in [0.05, 0.1) is 6.61 Å². The molecule has 1 aliphatic heterocycles. The molecule has 122 valence electrons. The highest BCUT2D eigenvalue weighted by molar-refractivity contribution is 5.88. The fraction of sp³-hybridized carbons (Fsp3) is 0.938. The molecular weight excluding hydrogens is 266 g/mol. The molecule has 1 amide bonds. The highest BCUT2D eigenvalue weighted by atomic mass is 16.5. The van der Waals surface area contributed by atoms with Crippen LogP contribution in [0, 0.1) is 5.92 Å². The number of likely N-dealkylation sites (N-methyl/N-ethyl adjacent to an activating group) is 1. The van der Waals surface area contributed by atoms with Gasteiger partial charge >= 0.3 is 0 Å². The minimum absolute atomic E-state index is 0.0945. The smallest absolute Gasteiger partial charge is 0.247 e. The van der Waals surface area contributed by atoms with Crippen molar-refractivity contribution in [3.63, 3.8) is 0 Å². The van der Waals surface area contributed by atoms with E-state index >= 15 is 0 Å². The number of hydrogen-bond acceptors (Lipinski definition) is 4. The summed E-state index contributed by atoms with van der Waals surface area (Å²) in [4.78, 5) is 14.3. The number of ether oxygens (including phenoxy) is 1. The Kier molecular flexibility index (Phi) is 6.02. The lowest BCUT2D eigenvalue weighted by atomic mass is 9.79. The van der Waals surface area contributed by atoms with E-state index in [9.17, 15) is 4.79 Å². The Labute approximate surface area is 128 Å². The number of nitrogens with two attached hydrogens (primary N) is 1. The van der Waals surface area contributed by atoms with Crippen molar-refractivity contribution in [3.05, 3.63) is 0 Å². The predicted molar refractivity (Wildman–Crippen MR) is 83.5 cm³/mol. The van der Waals surface area contributed by atoms with Crippen molar-refractivity contribution in [3.8, 4) is 0 Å². The van der Waals surface area contributed by atoms with Crippen LogP contribution in [-0.2, 0) is 9.53 Å². The highest BCUT2D eigenvalue weighted by Gasteiger charge is 2.50. The normalized spacial score (nSPS) is 31.1. The lowest BCUT2D eigenvalue weighted by Gasteiger charge is -2.33. The Morgan fingerprint density at radius 1 is 1.38 bits per heavy atom. The molecular formula is C16H31N3O2. The van der Waals surface area contributed by atoms with E-state index in [1.807, 2.05) is 0 Å². The van der Waals surface area contributed by atoms with Gasteiger partial charge in [0.15, 0.2) is 0 Å². The number of carbonyl (C=O) groups is 1. The first-order valence-corrected chi connectivity index (χ1v) is 8.47. The summed E-state index contributed by atoms with van der Waals surface area (Å²) in [6.07, 6.45) is 8.96. The van der Waals surface area contributed by atoms with Crippen LogP contribution in [0.2, 0.25) is 0 Å². The second kappa shape index (κ2) is 7.56. The van der Waals surface area contributed by atoms with Crippen molar-refractivity contribution in [2.24, 2.45) is 11.7 Å². The minimum Gasteiger partial charge on any atom is -0.379 e. The molecule has 0 bridgehead atoms. The van der Waals surface area contributed by atoms with Gasteiger partial charge in [-0.3, -0.25) is 15.8 Å². The van der Waals surface area contributed by atoms with Crippen LogP contribution in [0.15, 0.2) is 0 Å². The van der Waals surface area contributed by atoms with Crippen molar-refractivity contribution in [2.75, 3.05) is 20.3 Å². The zero-order valence-corrected chi connectivity index (χ0v) is 13.6. The summed E-state index contributed by atoms with van der Waals surface area (Å²) in [6, 6.07) is 0. The standard InChI is InChI=1S/C16H31N3O2/c1-3-4-10-21-12-16(11-13-8-6-5-7-9-13)14(20)19(2)15(17)18-16/h13,15,18H,3-12,17H2,1-2H3. The van der Waals surface area contributed by atoms with Gasteiger partial charge in [-0.2, -0.15) is 0 Å². The molecule has 0 radical (unpaired) electrons. The highest BCUT2D eigenvalue weighted by Crippen LogP contribution is 2.33. The molecule has 2 fully saturated rings. The van der Waals surface area contributed by atoms with Crippen LogP contribution in [0.25, 0.3) is 0 Å². The fourth-order valence-electron chi connectivity index (χ4n) is 3.59. The maximum Gasteiger partial charge on any atom is 0.247 e. The second-order valence-corrected chi connectivity index (χ2v) is 6.70. The molecule has 2 aliphatic rings. The third kappa shape index (κ3) is 3.96. The van der Waals surface area contributed by atoms with Crippen LogP contribution in [0.3, 0.4) is 0 Å². The van der Waals surface area contributed by atoms with E-state index in [1.54, 1.807) is 11.9 Å². The first-order chi connectivity index (χ1) is 10.1. The summed E-state index contributed by atoms with van der Waals surface area (Å²) < 4.78 is 5.80. The van der Waals surface area contributed by atoms with Gasteiger partial charge < -0.3 is 9.64 Å². The minimum atomic E-state index is -0.607. The summed E-state index contributed by atoms with van der Waals surface area (Å²) in [6.45, 7) is 3.31. The van der Waals surface area contributed by atoms with Crippen molar-refractivity contribution in [1.82, 2.24) is 10.2 Å². The first-order valence-electron chi connectivity index (χ1n) is 8.47. The molecule has 5 heteroatoms. The molecule has 1 saturated carbocycles. The fourth-order valence-corrected chi connectivity index (χ4v) is 3.59. The molecule has 0 aromatic heterocycles. The third-order valence-electron chi connectivity index (χ3n) is 4.92. The number of rotatable bonds is 7. The predicted octanol–water partition coefficient (Wildman–Crippen LogP) is 1.82. The van der Waals surface area contributed by atoms with E-state index < -0.39 is 11.8 Å². The van der Waals surface area contributed by atoms with Crippen molar-refractivity contribution >= 4 is 5.91 Å². The molecule has 21 heavy (non-hydrogen) atoms. The van der Waals surface area contributed by atoms with Crippen LogP contribution < -0.4 is 11.1 Å². The van der Waals surface area contributed by atoms with Crippen LogP contribution in [0.5, 0.6) is 0 Å². The molecule has 2 rings (SSSR count). The van der Waals surface area contributed by atoms with E-state index in [0.29, 0.717) is 12.5 Å². The molecule has 1 aliphatic carbocycles. The van der Waals surface area contributed by atoms with Gasteiger partial charge in [-0.05, 0) is 18.8 Å². The number of unbranched alkanes of at least 4 members (excludes halogenated alkanes) is 1. The average Bonchev–Trinajstić information content (AvgIpc) is 2.70. The quantitative estimate of drug-likeness (QED) is 0.703. The van der Waals surface area contributed by atoms with E-state index in [-0.39, 0.29) is 5.91 Å². The summed E-state index contributed by atoms with van der Waals surface area (Å²) in [5.41, 5.74) is 5.41. The van der Waals surface area contributed by atoms with Gasteiger partial charge in [0.1, 0.15) is 11.8 Å². The second-order valence-electron chi connectivity index (χ2n) is 6.70. The van der Waals surface area contributed by atoms with E-state index in [0.717, 1.165) is 25.9 Å². The maximum absolute atomic E-state index is 12.7. The summed E-state index contributed by atoms with van der Waals surface area (Å²) in [7, 11) is 1.77. The van der Waals surface area contributed by atoms with Gasteiger partial charge in [-0.15, -0.1) is 0 Å². The maximum atomic E-state index is 12.7. The van der Waals surface area contributed by atoms with Gasteiger partial charge in [-0.1, -0.05) is 45.4 Å². The zero-order valence-electron chi connectivity index (χ0n) is 13.6. The number of amides is 1. The molecule has 2 unspecified atom stereocenters. The van der Waals surface area contributed by atoms with Crippen LogP contribution in [0.1, 0.15) is 58.3 Å². The molecule has 0 aromatic carbocycles. The largest absolute Gasteiger partial charge is 0.379 e. The molecule has 3 N–H and O–H groups in total. The molecule has 5 nitrogen and oxygen atoms in total. The SMILES string of the molecule is CCCCOCC1(CC2CCCCC2)NC(N)N(C)C1=O. The van der Waals surface area contributed by atoms with Gasteiger partial charge in [-0.25, -0.2) is 0 Å². The monoisotopic (exact) mass is 297 g/mol. The number of nitrogens with one attached hydrogen (secondary N) is 1.